The summed E-state index contributed by atoms with van der Waals surface area (Å²) in [6.07, 6.45) is -0.916. The standard InChI is InChI=1S/C21H39NO8/c1-3-5-10-14(24)18(26)13(22-17(25)8-4-2)9-6-7-11-15-19(27)21(29)20(28)16(12-23)30-15/h6,9,13-16,18-21,23-24,26-29H,3-5,7-8,10-12H2,1-2H3,(H,22,25)/b9-6+/t13-,14+,15+,16?,18-,19?,20-,21?/m0/s1. The average molecular weight is 434 g/mol. The second kappa shape index (κ2) is 14.1. The zero-order valence-corrected chi connectivity index (χ0v) is 17.9. The van der Waals surface area contributed by atoms with Crippen molar-refractivity contribution in [2.75, 3.05) is 6.61 Å². The van der Waals surface area contributed by atoms with E-state index in [0.29, 0.717) is 32.1 Å². The molecule has 1 amide bonds. The fourth-order valence-electron chi connectivity index (χ4n) is 3.48. The number of allylic oxidation sites excluding steroid dienone is 1. The molecular formula is C21H39NO8. The van der Waals surface area contributed by atoms with Crippen LogP contribution in [-0.4, -0.2) is 91.9 Å². The van der Waals surface area contributed by atoms with E-state index in [1.165, 1.54) is 0 Å². The molecule has 9 nitrogen and oxygen atoms in total. The Morgan fingerprint density at radius 2 is 1.73 bits per heavy atom. The topological polar surface area (TPSA) is 160 Å². The van der Waals surface area contributed by atoms with Crippen molar-refractivity contribution in [2.45, 2.75) is 108 Å². The van der Waals surface area contributed by atoms with Crippen molar-refractivity contribution in [2.24, 2.45) is 0 Å². The summed E-state index contributed by atoms with van der Waals surface area (Å²) in [4.78, 5) is 12.0. The average Bonchev–Trinajstić information content (AvgIpc) is 2.73. The lowest BCUT2D eigenvalue weighted by molar-refractivity contribution is -0.230. The van der Waals surface area contributed by atoms with Gasteiger partial charge in [0.05, 0.1) is 24.9 Å². The minimum absolute atomic E-state index is 0.220. The summed E-state index contributed by atoms with van der Waals surface area (Å²) in [6.45, 7) is 3.38. The van der Waals surface area contributed by atoms with E-state index < -0.39 is 55.4 Å². The number of amides is 1. The van der Waals surface area contributed by atoms with Crippen molar-refractivity contribution < 1.29 is 40.2 Å². The Hall–Kier alpha value is -1.07. The Bertz CT molecular complexity index is 515. The number of hydrogen-bond donors (Lipinski definition) is 7. The largest absolute Gasteiger partial charge is 0.394 e. The number of carbonyl (C=O) groups is 1. The van der Waals surface area contributed by atoms with E-state index >= 15 is 0 Å². The number of carbonyl (C=O) groups excluding carboxylic acids is 1. The van der Waals surface area contributed by atoms with Gasteiger partial charge in [-0.1, -0.05) is 38.8 Å². The third-order valence-corrected chi connectivity index (χ3v) is 5.37. The van der Waals surface area contributed by atoms with E-state index in [1.54, 1.807) is 12.2 Å². The van der Waals surface area contributed by atoms with Gasteiger partial charge in [-0.3, -0.25) is 4.79 Å². The first kappa shape index (κ1) is 27.0. The van der Waals surface area contributed by atoms with Gasteiger partial charge in [0.2, 0.25) is 5.91 Å². The lowest BCUT2D eigenvalue weighted by Gasteiger charge is -2.40. The predicted octanol–water partition coefficient (Wildman–Crippen LogP) is -0.638. The Kier molecular flexibility index (Phi) is 12.7. The summed E-state index contributed by atoms with van der Waals surface area (Å²) in [5, 5.41) is 62.4. The van der Waals surface area contributed by atoms with E-state index in [9.17, 15) is 35.4 Å². The molecule has 1 rings (SSSR count). The summed E-state index contributed by atoms with van der Waals surface area (Å²) in [5.41, 5.74) is 0. The lowest BCUT2D eigenvalue weighted by Crippen LogP contribution is -2.58. The minimum Gasteiger partial charge on any atom is -0.394 e. The Balaban J connectivity index is 2.70. The molecule has 1 heterocycles. The maximum Gasteiger partial charge on any atom is 0.220 e. The van der Waals surface area contributed by atoms with Crippen molar-refractivity contribution in [3.05, 3.63) is 12.2 Å². The van der Waals surface area contributed by atoms with Gasteiger partial charge in [-0.25, -0.2) is 0 Å². The van der Waals surface area contributed by atoms with Crippen LogP contribution in [0, 0.1) is 0 Å². The quantitative estimate of drug-likeness (QED) is 0.189. The van der Waals surface area contributed by atoms with Crippen LogP contribution in [0.15, 0.2) is 12.2 Å². The third-order valence-electron chi connectivity index (χ3n) is 5.37. The molecule has 0 bridgehead atoms. The van der Waals surface area contributed by atoms with Gasteiger partial charge >= 0.3 is 0 Å². The second-order valence-electron chi connectivity index (χ2n) is 7.92. The number of hydrogen-bond acceptors (Lipinski definition) is 8. The monoisotopic (exact) mass is 433 g/mol. The van der Waals surface area contributed by atoms with Crippen LogP contribution in [0.25, 0.3) is 0 Å². The highest BCUT2D eigenvalue weighted by Crippen LogP contribution is 2.24. The maximum absolute atomic E-state index is 12.0. The van der Waals surface area contributed by atoms with Crippen LogP contribution in [0.4, 0.5) is 0 Å². The molecule has 7 N–H and O–H groups in total. The fourth-order valence-corrected chi connectivity index (χ4v) is 3.48. The summed E-state index contributed by atoms with van der Waals surface area (Å²) in [7, 11) is 0. The first-order valence-corrected chi connectivity index (χ1v) is 10.9. The number of nitrogens with one attached hydrogen (secondary N) is 1. The van der Waals surface area contributed by atoms with Crippen LogP contribution in [0.1, 0.15) is 58.8 Å². The van der Waals surface area contributed by atoms with Crippen molar-refractivity contribution >= 4 is 5.91 Å². The molecule has 0 saturated carbocycles. The van der Waals surface area contributed by atoms with Crippen molar-refractivity contribution in [3.8, 4) is 0 Å². The van der Waals surface area contributed by atoms with Gasteiger partial charge in [0.1, 0.15) is 30.5 Å². The van der Waals surface area contributed by atoms with Crippen molar-refractivity contribution in [3.63, 3.8) is 0 Å². The molecule has 1 saturated heterocycles. The molecule has 30 heavy (non-hydrogen) atoms. The molecule has 0 aromatic rings. The molecule has 0 radical (unpaired) electrons. The Labute approximate surface area is 178 Å². The fraction of sp³-hybridized carbons (Fsp3) is 0.857. The number of ether oxygens (including phenoxy) is 1. The predicted molar refractivity (Wildman–Crippen MR) is 111 cm³/mol. The van der Waals surface area contributed by atoms with E-state index in [2.05, 4.69) is 5.32 Å². The molecule has 0 aromatic carbocycles. The smallest absolute Gasteiger partial charge is 0.220 e. The van der Waals surface area contributed by atoms with Crippen LogP contribution >= 0.6 is 0 Å². The SMILES string of the molecule is CCCC[C@@H](O)[C@@H](O)[C@H](/C=C/CC[C@H]1OC(CO)[C@H](O)C(O)C1O)NC(=O)CCC. The summed E-state index contributed by atoms with van der Waals surface area (Å²) < 4.78 is 5.46. The molecule has 0 spiro atoms. The van der Waals surface area contributed by atoms with E-state index in [0.717, 1.165) is 12.8 Å². The van der Waals surface area contributed by atoms with Crippen LogP contribution < -0.4 is 5.32 Å². The molecule has 1 fully saturated rings. The number of unbranched alkanes of at least 4 members (excludes halogenated alkanes) is 1. The van der Waals surface area contributed by atoms with Gasteiger partial charge in [0, 0.05) is 6.42 Å². The minimum atomic E-state index is -1.42. The van der Waals surface area contributed by atoms with E-state index in [4.69, 9.17) is 4.74 Å². The Morgan fingerprint density at radius 3 is 2.33 bits per heavy atom. The Morgan fingerprint density at radius 1 is 1.07 bits per heavy atom. The van der Waals surface area contributed by atoms with Gasteiger partial charge in [0.15, 0.2) is 0 Å². The first-order valence-electron chi connectivity index (χ1n) is 10.9. The van der Waals surface area contributed by atoms with Crippen molar-refractivity contribution in [1.82, 2.24) is 5.32 Å². The van der Waals surface area contributed by atoms with Gasteiger partial charge in [-0.15, -0.1) is 0 Å². The van der Waals surface area contributed by atoms with Crippen LogP contribution in [0.3, 0.4) is 0 Å². The van der Waals surface area contributed by atoms with E-state index in [1.807, 2.05) is 13.8 Å². The molecule has 0 aliphatic carbocycles. The third kappa shape index (κ3) is 8.22. The summed E-state index contributed by atoms with van der Waals surface area (Å²) in [5.74, 6) is -0.220. The zero-order valence-electron chi connectivity index (χ0n) is 17.9. The molecule has 176 valence electrons. The van der Waals surface area contributed by atoms with Gasteiger partial charge < -0.3 is 40.7 Å². The molecule has 3 unspecified atom stereocenters. The number of aliphatic hydroxyl groups excluding tert-OH is 6. The van der Waals surface area contributed by atoms with Crippen molar-refractivity contribution in [1.29, 1.82) is 0 Å². The normalized spacial score (nSPS) is 30.2. The highest BCUT2D eigenvalue weighted by atomic mass is 16.5. The second-order valence-corrected chi connectivity index (χ2v) is 7.92. The first-order chi connectivity index (χ1) is 14.3. The van der Waals surface area contributed by atoms with Gasteiger partial charge in [0.25, 0.3) is 0 Å². The summed E-state index contributed by atoms with van der Waals surface area (Å²) >= 11 is 0. The highest BCUT2D eigenvalue weighted by molar-refractivity contribution is 5.76. The zero-order chi connectivity index (χ0) is 22.7. The lowest BCUT2D eigenvalue weighted by atomic mass is 9.92. The molecular weight excluding hydrogens is 394 g/mol. The van der Waals surface area contributed by atoms with Gasteiger partial charge in [-0.2, -0.15) is 0 Å². The molecule has 1 aliphatic heterocycles. The molecule has 1 aliphatic rings. The van der Waals surface area contributed by atoms with Gasteiger partial charge in [-0.05, 0) is 25.7 Å². The number of aliphatic hydroxyl groups is 6. The molecule has 8 atom stereocenters. The van der Waals surface area contributed by atoms with Crippen LogP contribution in [0.5, 0.6) is 0 Å². The van der Waals surface area contributed by atoms with Crippen LogP contribution in [0.2, 0.25) is 0 Å². The molecule has 0 aromatic heterocycles. The highest BCUT2D eigenvalue weighted by Gasteiger charge is 2.42. The van der Waals surface area contributed by atoms with Crippen LogP contribution in [-0.2, 0) is 9.53 Å². The number of rotatable bonds is 13. The molecule has 9 heteroatoms. The maximum atomic E-state index is 12.0. The van der Waals surface area contributed by atoms with E-state index in [-0.39, 0.29) is 5.91 Å². The summed E-state index contributed by atoms with van der Waals surface area (Å²) in [6, 6.07) is -0.759.